The van der Waals surface area contributed by atoms with E-state index in [4.69, 9.17) is 4.74 Å². The monoisotopic (exact) mass is 395 g/mol. The Hall–Kier alpha value is -2.32. The Morgan fingerprint density at radius 2 is 2.00 bits per heavy atom. The molecule has 2 N–H and O–H groups in total. The van der Waals surface area contributed by atoms with Crippen molar-refractivity contribution in [2.24, 2.45) is 0 Å². The summed E-state index contributed by atoms with van der Waals surface area (Å²) in [6.45, 7) is 7.41. The number of carbonyl (C=O) groups excluding carboxylic acids is 1. The highest BCUT2D eigenvalue weighted by Crippen LogP contribution is 2.21. The SMILES string of the molecule is O=C(CN1CCNCC1c1cccnc1)Nc1ccc(CN2CCOCC2)cc1. The van der Waals surface area contributed by atoms with Gasteiger partial charge in [0, 0.05) is 63.4 Å². The van der Waals surface area contributed by atoms with Crippen molar-refractivity contribution in [1.82, 2.24) is 20.1 Å². The molecule has 7 heteroatoms. The lowest BCUT2D eigenvalue weighted by Gasteiger charge is -2.35. The Bertz CT molecular complexity index is 778. The zero-order valence-electron chi connectivity index (χ0n) is 16.7. The number of hydrogen-bond donors (Lipinski definition) is 2. The first kappa shape index (κ1) is 20.0. The van der Waals surface area contributed by atoms with Crippen LogP contribution in [0.25, 0.3) is 0 Å². The molecule has 7 nitrogen and oxygen atoms in total. The van der Waals surface area contributed by atoms with E-state index < -0.39 is 0 Å². The summed E-state index contributed by atoms with van der Waals surface area (Å²) in [5, 5.41) is 6.45. The predicted octanol–water partition coefficient (Wildman–Crippen LogP) is 1.50. The maximum Gasteiger partial charge on any atom is 0.238 e. The van der Waals surface area contributed by atoms with Gasteiger partial charge in [-0.1, -0.05) is 18.2 Å². The van der Waals surface area contributed by atoms with Crippen molar-refractivity contribution in [1.29, 1.82) is 0 Å². The van der Waals surface area contributed by atoms with Crippen molar-refractivity contribution < 1.29 is 9.53 Å². The van der Waals surface area contributed by atoms with Crippen LogP contribution in [0.4, 0.5) is 5.69 Å². The zero-order valence-corrected chi connectivity index (χ0v) is 16.7. The number of carbonyl (C=O) groups is 1. The van der Waals surface area contributed by atoms with E-state index in [1.807, 2.05) is 24.4 Å². The van der Waals surface area contributed by atoms with Gasteiger partial charge in [0.1, 0.15) is 0 Å². The van der Waals surface area contributed by atoms with E-state index in [0.717, 1.165) is 63.7 Å². The van der Waals surface area contributed by atoms with Crippen molar-refractivity contribution in [3.63, 3.8) is 0 Å². The van der Waals surface area contributed by atoms with Gasteiger partial charge in [0.25, 0.3) is 0 Å². The summed E-state index contributed by atoms with van der Waals surface area (Å²) in [4.78, 5) is 21.5. The van der Waals surface area contributed by atoms with Crippen LogP contribution in [0.3, 0.4) is 0 Å². The number of ether oxygens (including phenoxy) is 1. The highest BCUT2D eigenvalue weighted by Gasteiger charge is 2.25. The normalized spacial score (nSPS) is 21.0. The summed E-state index contributed by atoms with van der Waals surface area (Å²) >= 11 is 0. The van der Waals surface area contributed by atoms with Gasteiger partial charge in [-0.2, -0.15) is 0 Å². The van der Waals surface area contributed by atoms with Crippen LogP contribution in [-0.4, -0.2) is 73.2 Å². The molecule has 4 rings (SSSR count). The van der Waals surface area contributed by atoms with Gasteiger partial charge in [-0.25, -0.2) is 0 Å². The van der Waals surface area contributed by atoms with Gasteiger partial charge in [0.05, 0.1) is 19.8 Å². The summed E-state index contributed by atoms with van der Waals surface area (Å²) in [5.74, 6) is 0.0155. The van der Waals surface area contributed by atoms with Gasteiger partial charge < -0.3 is 15.4 Å². The minimum Gasteiger partial charge on any atom is -0.379 e. The standard InChI is InChI=1S/C22H29N5O2/c28-22(17-27-9-8-24-15-21(27)19-2-1-7-23-14-19)25-20-5-3-18(4-6-20)16-26-10-12-29-13-11-26/h1-7,14,21,24H,8-13,15-17H2,(H,25,28). The van der Waals surface area contributed by atoms with E-state index in [1.54, 1.807) is 6.20 Å². The number of hydrogen-bond acceptors (Lipinski definition) is 6. The third kappa shape index (κ3) is 5.61. The Morgan fingerprint density at radius 3 is 2.76 bits per heavy atom. The minimum atomic E-state index is 0.0155. The minimum absolute atomic E-state index is 0.0155. The lowest BCUT2D eigenvalue weighted by Crippen LogP contribution is -2.48. The third-order valence-electron chi connectivity index (χ3n) is 5.52. The molecule has 2 fully saturated rings. The Labute approximate surface area is 172 Å². The first-order valence-corrected chi connectivity index (χ1v) is 10.3. The molecular weight excluding hydrogens is 366 g/mol. The van der Waals surface area contributed by atoms with Crippen LogP contribution < -0.4 is 10.6 Å². The Balaban J connectivity index is 1.31. The number of morpholine rings is 1. The van der Waals surface area contributed by atoms with Crippen molar-refractivity contribution in [3.8, 4) is 0 Å². The van der Waals surface area contributed by atoms with E-state index in [9.17, 15) is 4.79 Å². The van der Waals surface area contributed by atoms with Crippen LogP contribution in [0.1, 0.15) is 17.2 Å². The largest absolute Gasteiger partial charge is 0.379 e. The van der Waals surface area contributed by atoms with Crippen LogP contribution in [0, 0.1) is 0 Å². The summed E-state index contributed by atoms with van der Waals surface area (Å²) in [6.07, 6.45) is 3.66. The summed E-state index contributed by atoms with van der Waals surface area (Å²) in [5.41, 5.74) is 3.23. The summed E-state index contributed by atoms with van der Waals surface area (Å²) < 4.78 is 5.40. The maximum absolute atomic E-state index is 12.6. The molecule has 2 aromatic rings. The van der Waals surface area contributed by atoms with Gasteiger partial charge in [-0.15, -0.1) is 0 Å². The van der Waals surface area contributed by atoms with Gasteiger partial charge >= 0.3 is 0 Å². The van der Waals surface area contributed by atoms with Gasteiger partial charge in [-0.05, 0) is 29.3 Å². The van der Waals surface area contributed by atoms with E-state index in [0.29, 0.717) is 6.54 Å². The molecular formula is C22H29N5O2. The van der Waals surface area contributed by atoms with Crippen LogP contribution in [0.15, 0.2) is 48.8 Å². The quantitative estimate of drug-likeness (QED) is 0.773. The van der Waals surface area contributed by atoms with Crippen LogP contribution in [-0.2, 0) is 16.1 Å². The molecule has 0 aliphatic carbocycles. The molecule has 3 heterocycles. The fourth-order valence-electron chi connectivity index (χ4n) is 3.93. The third-order valence-corrected chi connectivity index (χ3v) is 5.52. The number of nitrogens with zero attached hydrogens (tertiary/aromatic N) is 3. The van der Waals surface area contributed by atoms with Crippen molar-refractivity contribution in [2.45, 2.75) is 12.6 Å². The summed E-state index contributed by atoms with van der Waals surface area (Å²) in [7, 11) is 0. The topological polar surface area (TPSA) is 69.7 Å². The number of aromatic nitrogens is 1. The number of rotatable bonds is 6. The highest BCUT2D eigenvalue weighted by atomic mass is 16.5. The molecule has 0 spiro atoms. The molecule has 2 saturated heterocycles. The molecule has 154 valence electrons. The van der Waals surface area contributed by atoms with Crippen molar-refractivity contribution >= 4 is 11.6 Å². The average Bonchev–Trinajstić information content (AvgIpc) is 2.77. The van der Waals surface area contributed by atoms with Crippen LogP contribution >= 0.6 is 0 Å². The number of anilines is 1. The molecule has 1 aromatic carbocycles. The lowest BCUT2D eigenvalue weighted by atomic mass is 10.1. The second kappa shape index (κ2) is 9.93. The first-order valence-electron chi connectivity index (χ1n) is 10.3. The van der Waals surface area contributed by atoms with Gasteiger partial charge in [-0.3, -0.25) is 19.6 Å². The van der Waals surface area contributed by atoms with Crippen LogP contribution in [0.2, 0.25) is 0 Å². The van der Waals surface area contributed by atoms with Crippen molar-refractivity contribution in [3.05, 3.63) is 59.9 Å². The van der Waals surface area contributed by atoms with Crippen LogP contribution in [0.5, 0.6) is 0 Å². The van der Waals surface area contributed by atoms with E-state index in [2.05, 4.69) is 43.6 Å². The molecule has 1 amide bonds. The molecule has 2 aliphatic rings. The molecule has 0 radical (unpaired) electrons. The fourth-order valence-corrected chi connectivity index (χ4v) is 3.93. The zero-order chi connectivity index (χ0) is 19.9. The second-order valence-corrected chi connectivity index (χ2v) is 7.61. The maximum atomic E-state index is 12.6. The smallest absolute Gasteiger partial charge is 0.238 e. The van der Waals surface area contributed by atoms with E-state index in [-0.39, 0.29) is 11.9 Å². The lowest BCUT2D eigenvalue weighted by molar-refractivity contribution is -0.118. The highest BCUT2D eigenvalue weighted by molar-refractivity contribution is 5.92. The molecule has 0 bridgehead atoms. The number of piperazine rings is 1. The second-order valence-electron chi connectivity index (χ2n) is 7.61. The Kier molecular flexibility index (Phi) is 6.84. The van der Waals surface area contributed by atoms with Gasteiger partial charge in [0.2, 0.25) is 5.91 Å². The number of benzene rings is 1. The Morgan fingerprint density at radius 1 is 1.17 bits per heavy atom. The number of pyridine rings is 1. The molecule has 1 unspecified atom stereocenters. The number of amides is 1. The summed E-state index contributed by atoms with van der Waals surface area (Å²) in [6, 6.07) is 12.3. The first-order chi connectivity index (χ1) is 14.3. The van der Waals surface area contributed by atoms with E-state index in [1.165, 1.54) is 5.56 Å². The molecule has 0 saturated carbocycles. The fraction of sp³-hybridized carbons (Fsp3) is 0.455. The molecule has 29 heavy (non-hydrogen) atoms. The predicted molar refractivity (Wildman–Crippen MR) is 113 cm³/mol. The van der Waals surface area contributed by atoms with Crippen molar-refractivity contribution in [2.75, 3.05) is 57.8 Å². The molecule has 1 aromatic heterocycles. The van der Waals surface area contributed by atoms with Gasteiger partial charge in [0.15, 0.2) is 0 Å². The van der Waals surface area contributed by atoms with E-state index >= 15 is 0 Å². The number of nitrogens with one attached hydrogen (secondary N) is 2. The molecule has 2 aliphatic heterocycles. The molecule has 1 atom stereocenters. The average molecular weight is 396 g/mol.